The van der Waals surface area contributed by atoms with Crippen LogP contribution in [-0.4, -0.2) is 24.2 Å². The molecule has 0 unspecified atom stereocenters. The van der Waals surface area contributed by atoms with Crippen molar-refractivity contribution in [3.05, 3.63) is 47.5 Å². The van der Waals surface area contributed by atoms with Gasteiger partial charge in [-0.25, -0.2) is 13.8 Å². The van der Waals surface area contributed by atoms with Crippen molar-refractivity contribution in [1.82, 2.24) is 9.97 Å². The molecule has 0 spiro atoms. The van der Waals surface area contributed by atoms with Gasteiger partial charge in [0.05, 0.1) is 25.3 Å². The van der Waals surface area contributed by atoms with Gasteiger partial charge in [-0.2, -0.15) is 0 Å². The molecule has 3 aromatic rings. The van der Waals surface area contributed by atoms with E-state index in [1.54, 1.807) is 26.4 Å². The zero-order valence-corrected chi connectivity index (χ0v) is 12.6. The number of anilines is 1. The van der Waals surface area contributed by atoms with Gasteiger partial charge in [-0.15, -0.1) is 0 Å². The van der Waals surface area contributed by atoms with Gasteiger partial charge in [0.25, 0.3) is 0 Å². The third-order valence-corrected chi connectivity index (χ3v) is 3.43. The number of halogens is 2. The first-order chi connectivity index (χ1) is 11.1. The average molecular weight is 319 g/mol. The molecule has 0 aliphatic rings. The van der Waals surface area contributed by atoms with E-state index in [-0.39, 0.29) is 0 Å². The molecule has 0 saturated heterocycles. The van der Waals surface area contributed by atoms with Crippen molar-refractivity contribution in [1.29, 1.82) is 0 Å². The van der Waals surface area contributed by atoms with Crippen molar-refractivity contribution in [2.24, 2.45) is 0 Å². The summed E-state index contributed by atoms with van der Waals surface area (Å²) in [6.07, 6.45) is 0. The Morgan fingerprint density at radius 2 is 1.78 bits per heavy atom. The topological polar surface area (TPSA) is 59.2 Å². The van der Waals surface area contributed by atoms with Crippen LogP contribution in [0.2, 0.25) is 0 Å². The molecule has 0 radical (unpaired) electrons. The number of rotatable bonds is 5. The molecule has 3 rings (SSSR count). The summed E-state index contributed by atoms with van der Waals surface area (Å²) in [6, 6.07) is 7.30. The van der Waals surface area contributed by atoms with Crippen LogP contribution in [0, 0.1) is 11.6 Å². The van der Waals surface area contributed by atoms with Gasteiger partial charge >= 0.3 is 0 Å². The maximum atomic E-state index is 13.2. The Morgan fingerprint density at radius 3 is 2.48 bits per heavy atom. The van der Waals surface area contributed by atoms with Gasteiger partial charge in [0, 0.05) is 18.7 Å². The van der Waals surface area contributed by atoms with Crippen LogP contribution in [0.15, 0.2) is 30.3 Å². The highest BCUT2D eigenvalue weighted by Gasteiger charge is 2.10. The molecule has 120 valence electrons. The molecule has 23 heavy (non-hydrogen) atoms. The van der Waals surface area contributed by atoms with Crippen molar-refractivity contribution in [2.45, 2.75) is 6.54 Å². The SMILES string of the molecule is COc1cc2nc(NCc3ccc(F)c(F)c3)[nH]c2cc1OC. The number of imidazole rings is 1. The Labute approximate surface area is 131 Å². The van der Waals surface area contributed by atoms with Gasteiger partial charge < -0.3 is 19.8 Å². The highest BCUT2D eigenvalue weighted by atomic mass is 19.2. The van der Waals surface area contributed by atoms with Crippen molar-refractivity contribution < 1.29 is 18.3 Å². The van der Waals surface area contributed by atoms with Gasteiger partial charge in [-0.3, -0.25) is 0 Å². The number of nitrogens with zero attached hydrogens (tertiary/aromatic N) is 1. The summed E-state index contributed by atoms with van der Waals surface area (Å²) in [5, 5.41) is 3.03. The third kappa shape index (κ3) is 3.03. The first-order valence-corrected chi connectivity index (χ1v) is 6.90. The molecule has 2 N–H and O–H groups in total. The van der Waals surface area contributed by atoms with Crippen LogP contribution in [0.25, 0.3) is 11.0 Å². The second-order valence-electron chi connectivity index (χ2n) is 4.91. The summed E-state index contributed by atoms with van der Waals surface area (Å²) >= 11 is 0. The molecule has 0 aliphatic carbocycles. The summed E-state index contributed by atoms with van der Waals surface area (Å²) in [7, 11) is 3.11. The Kier molecular flexibility index (Phi) is 4.01. The number of H-pyrrole nitrogens is 1. The molecule has 0 saturated carbocycles. The summed E-state index contributed by atoms with van der Waals surface area (Å²) in [5.41, 5.74) is 2.09. The number of benzene rings is 2. The van der Waals surface area contributed by atoms with Crippen molar-refractivity contribution >= 4 is 17.0 Å². The molecule has 0 atom stereocenters. The lowest BCUT2D eigenvalue weighted by atomic mass is 10.2. The molecule has 2 aromatic carbocycles. The Hall–Kier alpha value is -2.83. The first kappa shape index (κ1) is 15.1. The first-order valence-electron chi connectivity index (χ1n) is 6.90. The van der Waals surface area contributed by atoms with Gasteiger partial charge in [-0.1, -0.05) is 6.07 Å². The maximum absolute atomic E-state index is 13.2. The largest absolute Gasteiger partial charge is 0.493 e. The second-order valence-corrected chi connectivity index (χ2v) is 4.91. The van der Waals surface area contributed by atoms with E-state index in [2.05, 4.69) is 15.3 Å². The number of aromatic amines is 1. The lowest BCUT2D eigenvalue weighted by Gasteiger charge is -2.06. The van der Waals surface area contributed by atoms with E-state index in [4.69, 9.17) is 9.47 Å². The average Bonchev–Trinajstić information content (AvgIpc) is 2.96. The van der Waals surface area contributed by atoms with Crippen LogP contribution in [0.5, 0.6) is 11.5 Å². The highest BCUT2D eigenvalue weighted by Crippen LogP contribution is 2.31. The summed E-state index contributed by atoms with van der Waals surface area (Å²) < 4.78 is 36.6. The van der Waals surface area contributed by atoms with E-state index in [0.29, 0.717) is 35.1 Å². The number of ether oxygens (including phenoxy) is 2. The van der Waals surface area contributed by atoms with E-state index >= 15 is 0 Å². The Balaban J connectivity index is 1.81. The number of hydrogen-bond acceptors (Lipinski definition) is 4. The molecular weight excluding hydrogens is 304 g/mol. The molecule has 5 nitrogen and oxygen atoms in total. The fraction of sp³-hybridized carbons (Fsp3) is 0.188. The number of aromatic nitrogens is 2. The standard InChI is InChI=1S/C16H15F2N3O2/c1-22-14-6-12-13(7-15(14)23-2)21-16(20-12)19-8-9-3-4-10(17)11(18)5-9/h3-7H,8H2,1-2H3,(H2,19,20,21). The van der Waals surface area contributed by atoms with Crippen LogP contribution in [0.1, 0.15) is 5.56 Å². The summed E-state index contributed by atoms with van der Waals surface area (Å²) in [5.74, 6) is -0.0467. The fourth-order valence-electron chi connectivity index (χ4n) is 2.26. The Bertz CT molecular complexity index is 808. The molecule has 0 aliphatic heterocycles. The highest BCUT2D eigenvalue weighted by molar-refractivity contribution is 5.81. The van der Waals surface area contributed by atoms with Gasteiger partial charge in [-0.05, 0) is 17.7 Å². The predicted octanol–water partition coefficient (Wildman–Crippen LogP) is 3.47. The molecule has 7 heteroatoms. The molecule has 1 heterocycles. The van der Waals surface area contributed by atoms with E-state index in [9.17, 15) is 8.78 Å². The van der Waals surface area contributed by atoms with E-state index in [0.717, 1.165) is 17.6 Å². The van der Waals surface area contributed by atoms with Crippen LogP contribution in [0.3, 0.4) is 0 Å². The predicted molar refractivity (Wildman–Crippen MR) is 82.9 cm³/mol. The van der Waals surface area contributed by atoms with Gasteiger partial charge in [0.15, 0.2) is 23.1 Å². The maximum Gasteiger partial charge on any atom is 0.201 e. The molecule has 0 fully saturated rings. The molecule has 0 amide bonds. The second kappa shape index (κ2) is 6.12. The summed E-state index contributed by atoms with van der Waals surface area (Å²) in [6.45, 7) is 0.311. The van der Waals surface area contributed by atoms with Gasteiger partial charge in [0.2, 0.25) is 5.95 Å². The number of hydrogen-bond donors (Lipinski definition) is 2. The minimum atomic E-state index is -0.872. The van der Waals surface area contributed by atoms with E-state index < -0.39 is 11.6 Å². The summed E-state index contributed by atoms with van der Waals surface area (Å²) in [4.78, 5) is 7.47. The minimum absolute atomic E-state index is 0.311. The molecular formula is C16H15F2N3O2. The van der Waals surface area contributed by atoms with Crippen LogP contribution in [0.4, 0.5) is 14.7 Å². The van der Waals surface area contributed by atoms with E-state index in [1.165, 1.54) is 6.07 Å². The lowest BCUT2D eigenvalue weighted by molar-refractivity contribution is 0.356. The van der Waals surface area contributed by atoms with Crippen LogP contribution < -0.4 is 14.8 Å². The van der Waals surface area contributed by atoms with Crippen molar-refractivity contribution in [2.75, 3.05) is 19.5 Å². The fourth-order valence-corrected chi connectivity index (χ4v) is 2.26. The van der Waals surface area contributed by atoms with Crippen LogP contribution in [-0.2, 0) is 6.54 Å². The van der Waals surface area contributed by atoms with Crippen LogP contribution >= 0.6 is 0 Å². The van der Waals surface area contributed by atoms with Crippen molar-refractivity contribution in [3.63, 3.8) is 0 Å². The minimum Gasteiger partial charge on any atom is -0.493 e. The lowest BCUT2D eigenvalue weighted by Crippen LogP contribution is -2.01. The molecule has 1 aromatic heterocycles. The normalized spacial score (nSPS) is 10.8. The smallest absolute Gasteiger partial charge is 0.201 e. The molecule has 0 bridgehead atoms. The zero-order chi connectivity index (χ0) is 16.4. The number of nitrogens with one attached hydrogen (secondary N) is 2. The number of fused-ring (bicyclic) bond motifs is 1. The van der Waals surface area contributed by atoms with E-state index in [1.807, 2.05) is 0 Å². The van der Waals surface area contributed by atoms with Gasteiger partial charge in [0.1, 0.15) is 0 Å². The monoisotopic (exact) mass is 319 g/mol. The third-order valence-electron chi connectivity index (χ3n) is 3.43. The number of methoxy groups -OCH3 is 2. The zero-order valence-electron chi connectivity index (χ0n) is 12.6. The quantitative estimate of drug-likeness (QED) is 0.756. The van der Waals surface area contributed by atoms with Crippen molar-refractivity contribution in [3.8, 4) is 11.5 Å². The Morgan fingerprint density at radius 1 is 1.04 bits per heavy atom.